The zero-order valence-electron chi connectivity index (χ0n) is 15.8. The second-order valence-electron chi connectivity index (χ2n) is 7.11. The fourth-order valence-electron chi connectivity index (χ4n) is 3.61. The Kier molecular flexibility index (Phi) is 5.55. The summed E-state index contributed by atoms with van der Waals surface area (Å²) in [4.78, 5) is 0. The topological polar surface area (TPSA) is 62.3 Å². The van der Waals surface area contributed by atoms with Crippen LogP contribution in [-0.4, -0.2) is 29.0 Å². The lowest BCUT2D eigenvalue weighted by molar-refractivity contribution is 0.140. The summed E-state index contributed by atoms with van der Waals surface area (Å²) in [5.74, 6) is 1.35. The Hall–Kier alpha value is -2.50. The van der Waals surface area contributed by atoms with Crippen LogP contribution in [0.15, 0.2) is 54.6 Å². The van der Waals surface area contributed by atoms with Crippen LogP contribution >= 0.6 is 11.6 Å². The predicted octanol–water partition coefficient (Wildman–Crippen LogP) is 4.85. The molecule has 1 aliphatic carbocycles. The quantitative estimate of drug-likeness (QED) is 0.668. The first kappa shape index (κ1) is 18.8. The van der Waals surface area contributed by atoms with Crippen molar-refractivity contribution in [2.75, 3.05) is 7.11 Å². The van der Waals surface area contributed by atoms with Crippen LogP contribution in [0.25, 0.3) is 16.9 Å². The first-order chi connectivity index (χ1) is 13.6. The zero-order valence-corrected chi connectivity index (χ0v) is 16.6. The number of hydrogen-bond acceptors (Lipinski definition) is 4. The highest BCUT2D eigenvalue weighted by atomic mass is 35.5. The Labute approximate surface area is 170 Å². The lowest BCUT2D eigenvalue weighted by Crippen LogP contribution is -2.31. The molecule has 1 saturated carbocycles. The molecule has 1 fully saturated rings. The van der Waals surface area contributed by atoms with E-state index in [2.05, 4.69) is 0 Å². The minimum Gasteiger partial charge on any atom is -0.494 e. The van der Waals surface area contributed by atoms with Crippen molar-refractivity contribution in [3.63, 3.8) is 0 Å². The van der Waals surface area contributed by atoms with Crippen LogP contribution in [0.1, 0.15) is 25.7 Å². The number of methoxy groups -OCH3 is 1. The molecule has 28 heavy (non-hydrogen) atoms. The van der Waals surface area contributed by atoms with Gasteiger partial charge in [-0.2, -0.15) is 0 Å². The largest absolute Gasteiger partial charge is 0.494 e. The predicted molar refractivity (Wildman–Crippen MR) is 111 cm³/mol. The minimum atomic E-state index is 0.152. The molecule has 5 nitrogen and oxygen atoms in total. The maximum Gasteiger partial charge on any atom is 0.234 e. The molecule has 0 unspecified atom stereocenters. The monoisotopic (exact) mass is 397 g/mol. The number of benzene rings is 2. The molecule has 2 aromatic carbocycles. The van der Waals surface area contributed by atoms with Crippen LogP contribution in [0.5, 0.6) is 11.6 Å². The van der Waals surface area contributed by atoms with Crippen molar-refractivity contribution in [1.29, 1.82) is 0 Å². The van der Waals surface area contributed by atoms with Crippen molar-refractivity contribution < 1.29 is 9.47 Å². The molecule has 0 atom stereocenters. The van der Waals surface area contributed by atoms with Gasteiger partial charge in [0.25, 0.3) is 0 Å². The molecule has 0 amide bonds. The highest BCUT2D eigenvalue weighted by Crippen LogP contribution is 2.33. The third-order valence-corrected chi connectivity index (χ3v) is 5.40. The van der Waals surface area contributed by atoms with Crippen LogP contribution in [0.3, 0.4) is 0 Å². The maximum absolute atomic E-state index is 6.21. The molecule has 0 radical (unpaired) electrons. The Morgan fingerprint density at radius 2 is 1.75 bits per heavy atom. The molecule has 4 rings (SSSR count). The summed E-state index contributed by atoms with van der Waals surface area (Å²) < 4.78 is 13.6. The SMILES string of the molecule is COc1ccccc1-n1nc(OC2CCC(N)CC2)cc1-c1ccc(Cl)cc1. The summed E-state index contributed by atoms with van der Waals surface area (Å²) >= 11 is 6.07. The van der Waals surface area contributed by atoms with Gasteiger partial charge in [0.2, 0.25) is 5.88 Å². The number of nitrogens with two attached hydrogens (primary N) is 1. The van der Waals surface area contributed by atoms with Gasteiger partial charge < -0.3 is 15.2 Å². The van der Waals surface area contributed by atoms with Gasteiger partial charge in [-0.3, -0.25) is 0 Å². The summed E-state index contributed by atoms with van der Waals surface area (Å²) in [7, 11) is 1.66. The number of hydrogen-bond donors (Lipinski definition) is 1. The maximum atomic E-state index is 6.21. The molecular formula is C22H24ClN3O2. The highest BCUT2D eigenvalue weighted by Gasteiger charge is 2.22. The standard InChI is InChI=1S/C22H24ClN3O2/c1-27-21-5-3-2-4-19(21)26-20(15-6-8-16(23)9-7-15)14-22(25-26)28-18-12-10-17(24)11-13-18/h2-9,14,17-18H,10-13,24H2,1H3. The number of rotatable bonds is 5. The Morgan fingerprint density at radius 1 is 1.04 bits per heavy atom. The molecular weight excluding hydrogens is 374 g/mol. The van der Waals surface area contributed by atoms with Gasteiger partial charge in [-0.25, -0.2) is 4.68 Å². The molecule has 6 heteroatoms. The first-order valence-electron chi connectivity index (χ1n) is 9.55. The van der Waals surface area contributed by atoms with E-state index in [4.69, 9.17) is 31.9 Å². The molecule has 0 spiro atoms. The third kappa shape index (κ3) is 4.01. The Balaban J connectivity index is 1.72. The fourth-order valence-corrected chi connectivity index (χ4v) is 3.73. The molecule has 0 saturated heterocycles. The van der Waals surface area contributed by atoms with E-state index in [0.29, 0.717) is 10.9 Å². The molecule has 2 N–H and O–H groups in total. The van der Waals surface area contributed by atoms with Crippen LogP contribution in [0.2, 0.25) is 5.02 Å². The molecule has 0 aliphatic heterocycles. The van der Waals surface area contributed by atoms with E-state index in [1.807, 2.05) is 59.3 Å². The van der Waals surface area contributed by atoms with Crippen LogP contribution in [-0.2, 0) is 0 Å². The molecule has 0 bridgehead atoms. The fraction of sp³-hybridized carbons (Fsp3) is 0.318. The third-order valence-electron chi connectivity index (χ3n) is 5.15. The summed E-state index contributed by atoms with van der Waals surface area (Å²) in [6.07, 6.45) is 4.04. The molecule has 1 aliphatic rings. The molecule has 1 aromatic heterocycles. The van der Waals surface area contributed by atoms with E-state index < -0.39 is 0 Å². The van der Waals surface area contributed by atoms with Crippen molar-refractivity contribution >= 4 is 11.6 Å². The molecule has 1 heterocycles. The second-order valence-corrected chi connectivity index (χ2v) is 7.55. The average molecular weight is 398 g/mol. The average Bonchev–Trinajstić information content (AvgIpc) is 3.14. The van der Waals surface area contributed by atoms with Gasteiger partial charge in [0.15, 0.2) is 0 Å². The van der Waals surface area contributed by atoms with Gasteiger partial charge >= 0.3 is 0 Å². The van der Waals surface area contributed by atoms with Gasteiger partial charge in [0, 0.05) is 22.7 Å². The lowest BCUT2D eigenvalue weighted by Gasteiger charge is -2.25. The van der Waals surface area contributed by atoms with Gasteiger partial charge in [0.05, 0.1) is 12.8 Å². The number of halogens is 1. The van der Waals surface area contributed by atoms with E-state index in [9.17, 15) is 0 Å². The highest BCUT2D eigenvalue weighted by molar-refractivity contribution is 6.30. The van der Waals surface area contributed by atoms with Crippen LogP contribution in [0.4, 0.5) is 0 Å². The first-order valence-corrected chi connectivity index (χ1v) is 9.93. The molecule has 146 valence electrons. The minimum absolute atomic E-state index is 0.152. The Bertz CT molecular complexity index is 931. The Morgan fingerprint density at radius 3 is 2.46 bits per heavy atom. The van der Waals surface area contributed by atoms with Gasteiger partial charge in [-0.1, -0.05) is 35.9 Å². The van der Waals surface area contributed by atoms with Crippen LogP contribution in [0, 0.1) is 0 Å². The number of aromatic nitrogens is 2. The molecule has 3 aromatic rings. The van der Waals surface area contributed by atoms with Gasteiger partial charge in [0.1, 0.15) is 17.5 Å². The van der Waals surface area contributed by atoms with Crippen molar-refractivity contribution in [2.45, 2.75) is 37.8 Å². The van der Waals surface area contributed by atoms with Crippen molar-refractivity contribution in [1.82, 2.24) is 9.78 Å². The van der Waals surface area contributed by atoms with E-state index >= 15 is 0 Å². The summed E-state index contributed by atoms with van der Waals surface area (Å²) in [6, 6.07) is 17.8. The van der Waals surface area contributed by atoms with Crippen molar-refractivity contribution in [3.8, 4) is 28.6 Å². The summed E-state index contributed by atoms with van der Waals surface area (Å²) in [5.41, 5.74) is 8.79. The second kappa shape index (κ2) is 8.25. The summed E-state index contributed by atoms with van der Waals surface area (Å²) in [5, 5.41) is 5.45. The van der Waals surface area contributed by atoms with Crippen molar-refractivity contribution in [3.05, 3.63) is 59.6 Å². The van der Waals surface area contributed by atoms with E-state index in [-0.39, 0.29) is 12.1 Å². The summed E-state index contributed by atoms with van der Waals surface area (Å²) in [6.45, 7) is 0. The normalized spacial score (nSPS) is 19.4. The number of nitrogens with zero attached hydrogens (tertiary/aromatic N) is 2. The van der Waals surface area contributed by atoms with Crippen molar-refractivity contribution in [2.24, 2.45) is 5.73 Å². The smallest absolute Gasteiger partial charge is 0.234 e. The number of ether oxygens (including phenoxy) is 2. The zero-order chi connectivity index (χ0) is 19.5. The van der Waals surface area contributed by atoms with E-state index in [0.717, 1.165) is 48.4 Å². The van der Waals surface area contributed by atoms with Gasteiger partial charge in [-0.15, -0.1) is 5.10 Å². The number of para-hydroxylation sites is 2. The van der Waals surface area contributed by atoms with Gasteiger partial charge in [-0.05, 0) is 49.9 Å². The lowest BCUT2D eigenvalue weighted by atomic mass is 9.94. The van der Waals surface area contributed by atoms with Crippen LogP contribution < -0.4 is 15.2 Å². The van der Waals surface area contributed by atoms with E-state index in [1.165, 1.54) is 0 Å². The van der Waals surface area contributed by atoms with E-state index in [1.54, 1.807) is 7.11 Å².